The van der Waals surface area contributed by atoms with Crippen LogP contribution < -0.4 is 9.62 Å². The number of carbonyl (C=O) groups excluding carboxylic acids is 1. The molecule has 2 heterocycles. The third-order valence-electron chi connectivity index (χ3n) is 4.25. The molecule has 1 N–H and O–H groups in total. The smallest absolute Gasteiger partial charge is 0.265 e. The highest BCUT2D eigenvalue weighted by Gasteiger charge is 2.35. The predicted octanol–water partition coefficient (Wildman–Crippen LogP) is 2.77. The summed E-state index contributed by atoms with van der Waals surface area (Å²) in [7, 11) is -3.81. The van der Waals surface area contributed by atoms with Crippen LogP contribution in [0.4, 0.5) is 5.69 Å². The van der Waals surface area contributed by atoms with Crippen LogP contribution in [0.1, 0.15) is 5.76 Å². The van der Waals surface area contributed by atoms with Crippen molar-refractivity contribution < 1.29 is 17.6 Å². The molecule has 0 atom stereocenters. The maximum absolute atomic E-state index is 13.1. The molecule has 4 rings (SSSR count). The number of hydrogen-bond donors (Lipinski definition) is 1. The Labute approximate surface area is 151 Å². The number of benzene rings is 2. The quantitative estimate of drug-likeness (QED) is 0.768. The molecule has 1 amide bonds. The van der Waals surface area contributed by atoms with E-state index in [9.17, 15) is 13.2 Å². The second-order valence-corrected chi connectivity index (χ2v) is 7.71. The van der Waals surface area contributed by atoms with Crippen molar-refractivity contribution in [3.8, 4) is 11.1 Å². The molecule has 0 saturated heterocycles. The molecule has 132 valence electrons. The Morgan fingerprint density at radius 1 is 0.962 bits per heavy atom. The van der Waals surface area contributed by atoms with Crippen molar-refractivity contribution in [3.05, 3.63) is 72.7 Å². The van der Waals surface area contributed by atoms with E-state index in [0.29, 0.717) is 17.0 Å². The molecule has 1 aliphatic rings. The summed E-state index contributed by atoms with van der Waals surface area (Å²) in [5.74, 6) is 0.199. The van der Waals surface area contributed by atoms with E-state index in [1.54, 1.807) is 48.5 Å². The van der Waals surface area contributed by atoms with E-state index in [1.807, 2.05) is 12.1 Å². The Morgan fingerprint density at radius 3 is 2.46 bits per heavy atom. The van der Waals surface area contributed by atoms with Gasteiger partial charge in [-0.3, -0.25) is 9.10 Å². The number of carbonyl (C=O) groups is 1. The van der Waals surface area contributed by atoms with Gasteiger partial charge in [-0.2, -0.15) is 0 Å². The van der Waals surface area contributed by atoms with Crippen molar-refractivity contribution in [1.82, 2.24) is 5.32 Å². The molecule has 1 aromatic heterocycles. The molecular weight excluding hydrogens is 352 g/mol. The molecule has 0 unspecified atom stereocenters. The Balaban J connectivity index is 1.66. The molecule has 1 aliphatic heterocycles. The van der Waals surface area contributed by atoms with Crippen LogP contribution >= 0.6 is 0 Å². The van der Waals surface area contributed by atoms with Gasteiger partial charge >= 0.3 is 0 Å². The molecule has 0 aliphatic carbocycles. The average Bonchev–Trinajstić information content (AvgIpc) is 3.17. The summed E-state index contributed by atoms with van der Waals surface area (Å²) in [5, 5.41) is 2.69. The van der Waals surface area contributed by atoms with Gasteiger partial charge in [-0.1, -0.05) is 36.4 Å². The summed E-state index contributed by atoms with van der Waals surface area (Å²) in [6.07, 6.45) is 1.52. The largest absolute Gasteiger partial charge is 0.467 e. The second kappa shape index (κ2) is 6.34. The number of rotatable bonds is 4. The monoisotopic (exact) mass is 368 g/mol. The third-order valence-corrected chi connectivity index (χ3v) is 6.06. The number of nitrogens with one attached hydrogen (secondary N) is 1. The fraction of sp³-hybridized carbons (Fsp3) is 0.105. The summed E-state index contributed by atoms with van der Waals surface area (Å²) >= 11 is 0. The maximum atomic E-state index is 13.1. The Bertz CT molecular complexity index is 1060. The van der Waals surface area contributed by atoms with Crippen LogP contribution in [0.2, 0.25) is 0 Å². The number of nitrogens with zero attached hydrogens (tertiary/aromatic N) is 1. The van der Waals surface area contributed by atoms with Gasteiger partial charge in [0.2, 0.25) is 5.91 Å². The van der Waals surface area contributed by atoms with Gasteiger partial charge < -0.3 is 9.73 Å². The molecule has 0 bridgehead atoms. The molecule has 3 aromatic rings. The van der Waals surface area contributed by atoms with E-state index >= 15 is 0 Å². The van der Waals surface area contributed by atoms with Crippen LogP contribution in [0.25, 0.3) is 11.1 Å². The Morgan fingerprint density at radius 2 is 1.69 bits per heavy atom. The summed E-state index contributed by atoms with van der Waals surface area (Å²) in [6, 6.07) is 17.5. The van der Waals surface area contributed by atoms with Crippen molar-refractivity contribution in [2.24, 2.45) is 0 Å². The molecule has 0 radical (unpaired) electrons. The van der Waals surface area contributed by atoms with E-state index in [2.05, 4.69) is 5.32 Å². The molecule has 6 nitrogen and oxygen atoms in total. The first-order valence-corrected chi connectivity index (χ1v) is 9.51. The number of anilines is 1. The van der Waals surface area contributed by atoms with Crippen molar-refractivity contribution in [2.45, 2.75) is 11.4 Å². The zero-order valence-corrected chi connectivity index (χ0v) is 14.6. The van der Waals surface area contributed by atoms with Gasteiger partial charge in [0.25, 0.3) is 10.0 Å². The van der Waals surface area contributed by atoms with E-state index in [1.165, 1.54) is 6.26 Å². The summed E-state index contributed by atoms with van der Waals surface area (Å²) in [4.78, 5) is 12.6. The number of fused-ring (bicyclic) bond motifs is 3. The van der Waals surface area contributed by atoms with Crippen LogP contribution in [-0.4, -0.2) is 20.9 Å². The number of furan rings is 1. The first-order chi connectivity index (χ1) is 12.6. The fourth-order valence-corrected chi connectivity index (χ4v) is 4.69. The van der Waals surface area contributed by atoms with Gasteiger partial charge in [-0.15, -0.1) is 0 Å². The zero-order chi connectivity index (χ0) is 18.1. The topological polar surface area (TPSA) is 79.6 Å². The lowest BCUT2D eigenvalue weighted by Gasteiger charge is -2.31. The van der Waals surface area contributed by atoms with E-state index < -0.39 is 15.9 Å². The summed E-state index contributed by atoms with van der Waals surface area (Å²) in [6.45, 7) is -0.0909. The minimum atomic E-state index is -3.81. The standard InChI is InChI=1S/C19H16N2O4S/c22-19(20-12-14-6-5-11-25-14)13-21-17-9-3-1-7-15(17)16-8-2-4-10-18(16)26(21,23)24/h1-11H,12-13H2,(H,20,22). The van der Waals surface area contributed by atoms with Crippen LogP contribution in [0.3, 0.4) is 0 Å². The first-order valence-electron chi connectivity index (χ1n) is 8.07. The minimum Gasteiger partial charge on any atom is -0.467 e. The van der Waals surface area contributed by atoms with E-state index in [4.69, 9.17) is 4.42 Å². The Kier molecular flexibility index (Phi) is 4.00. The third kappa shape index (κ3) is 2.76. The molecule has 7 heteroatoms. The lowest BCUT2D eigenvalue weighted by Crippen LogP contribution is -2.42. The molecular formula is C19H16N2O4S. The molecule has 2 aromatic carbocycles. The second-order valence-electron chi connectivity index (χ2n) is 5.88. The fourth-order valence-electron chi connectivity index (χ4n) is 3.04. The van der Waals surface area contributed by atoms with Crippen LogP contribution in [-0.2, 0) is 21.4 Å². The van der Waals surface area contributed by atoms with Crippen molar-refractivity contribution in [2.75, 3.05) is 10.8 Å². The summed E-state index contributed by atoms with van der Waals surface area (Å²) < 4.78 is 32.5. The number of para-hydroxylation sites is 1. The van der Waals surface area contributed by atoms with Gasteiger partial charge in [-0.05, 0) is 24.3 Å². The molecule has 26 heavy (non-hydrogen) atoms. The lowest BCUT2D eigenvalue weighted by molar-refractivity contribution is -0.119. The van der Waals surface area contributed by atoms with Crippen molar-refractivity contribution in [1.29, 1.82) is 0 Å². The van der Waals surface area contributed by atoms with Gasteiger partial charge in [0.05, 0.1) is 23.4 Å². The molecule has 0 fully saturated rings. The minimum absolute atomic E-state index is 0.206. The molecule has 0 saturated carbocycles. The van der Waals surface area contributed by atoms with E-state index in [-0.39, 0.29) is 18.0 Å². The highest BCUT2D eigenvalue weighted by Crippen LogP contribution is 2.42. The number of sulfonamides is 1. The highest BCUT2D eigenvalue weighted by molar-refractivity contribution is 7.93. The average molecular weight is 368 g/mol. The highest BCUT2D eigenvalue weighted by atomic mass is 32.2. The van der Waals surface area contributed by atoms with Gasteiger partial charge in [0, 0.05) is 11.1 Å². The predicted molar refractivity (Wildman–Crippen MR) is 97.0 cm³/mol. The van der Waals surface area contributed by atoms with Gasteiger partial charge in [0.15, 0.2) is 0 Å². The number of hydrogen-bond acceptors (Lipinski definition) is 4. The molecule has 0 spiro atoms. The van der Waals surface area contributed by atoms with Crippen molar-refractivity contribution >= 4 is 21.6 Å². The van der Waals surface area contributed by atoms with E-state index in [0.717, 1.165) is 9.87 Å². The van der Waals surface area contributed by atoms with Crippen LogP contribution in [0, 0.1) is 0 Å². The van der Waals surface area contributed by atoms with Gasteiger partial charge in [-0.25, -0.2) is 8.42 Å². The maximum Gasteiger partial charge on any atom is 0.265 e. The Hall–Kier alpha value is -3.06. The normalized spacial score (nSPS) is 14.4. The summed E-state index contributed by atoms with van der Waals surface area (Å²) in [5.41, 5.74) is 1.94. The van der Waals surface area contributed by atoms with Crippen LogP contribution in [0.15, 0.2) is 76.2 Å². The number of amides is 1. The van der Waals surface area contributed by atoms with Crippen molar-refractivity contribution in [3.63, 3.8) is 0 Å². The van der Waals surface area contributed by atoms with Gasteiger partial charge in [0.1, 0.15) is 12.3 Å². The first kappa shape index (κ1) is 16.4. The SMILES string of the molecule is O=C(CN1c2ccccc2-c2ccccc2S1(=O)=O)NCc1ccco1. The zero-order valence-electron chi connectivity index (χ0n) is 13.8. The van der Waals surface area contributed by atoms with Crippen LogP contribution in [0.5, 0.6) is 0 Å². The lowest BCUT2D eigenvalue weighted by atomic mass is 10.0.